The smallest absolute Gasteiger partial charge is 0.0632 e. The van der Waals surface area contributed by atoms with Crippen molar-refractivity contribution in [3.63, 3.8) is 0 Å². The van der Waals surface area contributed by atoms with E-state index in [1.165, 1.54) is 25.7 Å². The summed E-state index contributed by atoms with van der Waals surface area (Å²) in [6.07, 6.45) is 9.08. The minimum absolute atomic E-state index is 0.616. The first-order valence-corrected chi connectivity index (χ1v) is 6.93. The largest absolute Gasteiger partial charge is 0.312 e. The molecule has 1 rings (SSSR count). The van der Waals surface area contributed by atoms with Crippen LogP contribution in [0.25, 0.3) is 0 Å². The van der Waals surface area contributed by atoms with Crippen LogP contribution >= 0.6 is 15.9 Å². The average Bonchev–Trinajstić information content (AvgIpc) is 2.65. The Balaban J connectivity index is 2.06. The summed E-state index contributed by atoms with van der Waals surface area (Å²) >= 11 is 3.39. The van der Waals surface area contributed by atoms with E-state index in [0.29, 0.717) is 6.04 Å². The lowest BCUT2D eigenvalue weighted by molar-refractivity contribution is 0.460. The number of hydrogen-bond donors (Lipinski definition) is 1. The average molecular weight is 288 g/mol. The van der Waals surface area contributed by atoms with Crippen molar-refractivity contribution in [2.45, 2.75) is 52.1 Å². The van der Waals surface area contributed by atoms with Crippen molar-refractivity contribution in [1.29, 1.82) is 0 Å². The summed E-state index contributed by atoms with van der Waals surface area (Å²) in [7, 11) is 0. The highest BCUT2D eigenvalue weighted by Crippen LogP contribution is 2.06. The molecule has 0 amide bonds. The molecular weight excluding hydrogens is 266 g/mol. The monoisotopic (exact) mass is 287 g/mol. The van der Waals surface area contributed by atoms with Gasteiger partial charge in [0.05, 0.1) is 17.2 Å². The van der Waals surface area contributed by atoms with Crippen LogP contribution < -0.4 is 5.32 Å². The third-order valence-electron chi connectivity index (χ3n) is 2.68. The number of aromatic nitrogens is 2. The molecule has 0 radical (unpaired) electrons. The topological polar surface area (TPSA) is 29.9 Å². The van der Waals surface area contributed by atoms with E-state index in [0.717, 1.165) is 17.6 Å². The zero-order valence-corrected chi connectivity index (χ0v) is 11.8. The summed E-state index contributed by atoms with van der Waals surface area (Å²) in [5.41, 5.74) is 0. The van der Waals surface area contributed by atoms with E-state index in [1.54, 1.807) is 0 Å². The van der Waals surface area contributed by atoms with E-state index >= 15 is 0 Å². The first kappa shape index (κ1) is 13.7. The van der Waals surface area contributed by atoms with Crippen LogP contribution in [-0.4, -0.2) is 22.4 Å². The van der Waals surface area contributed by atoms with Crippen LogP contribution in [0, 0.1) is 0 Å². The summed E-state index contributed by atoms with van der Waals surface area (Å²) in [6.45, 7) is 6.42. The fourth-order valence-corrected chi connectivity index (χ4v) is 2.02. The van der Waals surface area contributed by atoms with Gasteiger partial charge in [0.25, 0.3) is 0 Å². The molecule has 1 heterocycles. The SMILES string of the molecule is CCCCCC(C)NCCn1cc(Br)cn1. The molecule has 1 aromatic rings. The fourth-order valence-electron chi connectivity index (χ4n) is 1.69. The molecular formula is C12H22BrN3. The van der Waals surface area contributed by atoms with Crippen molar-refractivity contribution in [2.75, 3.05) is 6.54 Å². The lowest BCUT2D eigenvalue weighted by Crippen LogP contribution is -2.29. The molecule has 1 atom stereocenters. The minimum Gasteiger partial charge on any atom is -0.312 e. The fraction of sp³-hybridized carbons (Fsp3) is 0.750. The highest BCUT2D eigenvalue weighted by molar-refractivity contribution is 9.10. The zero-order valence-electron chi connectivity index (χ0n) is 10.2. The number of nitrogens with one attached hydrogen (secondary N) is 1. The number of unbranched alkanes of at least 4 members (excludes halogenated alkanes) is 2. The number of hydrogen-bond acceptors (Lipinski definition) is 2. The molecule has 0 aliphatic rings. The van der Waals surface area contributed by atoms with Gasteiger partial charge in [-0.15, -0.1) is 0 Å². The van der Waals surface area contributed by atoms with Gasteiger partial charge in [0, 0.05) is 18.8 Å². The van der Waals surface area contributed by atoms with Crippen molar-refractivity contribution in [2.24, 2.45) is 0 Å². The number of halogens is 1. The molecule has 0 aliphatic heterocycles. The molecule has 0 spiro atoms. The van der Waals surface area contributed by atoms with Crippen LogP contribution in [-0.2, 0) is 6.54 Å². The molecule has 1 N–H and O–H groups in total. The van der Waals surface area contributed by atoms with Crippen molar-refractivity contribution in [3.05, 3.63) is 16.9 Å². The Morgan fingerprint density at radius 2 is 2.31 bits per heavy atom. The van der Waals surface area contributed by atoms with E-state index in [1.807, 2.05) is 17.1 Å². The number of rotatable bonds is 8. The summed E-state index contributed by atoms with van der Waals surface area (Å²) in [5.74, 6) is 0. The molecule has 0 aromatic carbocycles. The van der Waals surface area contributed by atoms with E-state index in [-0.39, 0.29) is 0 Å². The predicted molar refractivity (Wildman–Crippen MR) is 71.5 cm³/mol. The molecule has 92 valence electrons. The van der Waals surface area contributed by atoms with Crippen LogP contribution in [0.15, 0.2) is 16.9 Å². The second-order valence-corrected chi connectivity index (χ2v) is 5.19. The Kier molecular flexibility index (Phi) is 6.73. The summed E-state index contributed by atoms with van der Waals surface area (Å²) in [5, 5.41) is 7.74. The zero-order chi connectivity index (χ0) is 11.8. The normalized spacial score (nSPS) is 12.9. The summed E-state index contributed by atoms with van der Waals surface area (Å²) in [4.78, 5) is 0. The Labute approximate surface area is 107 Å². The van der Waals surface area contributed by atoms with Gasteiger partial charge in [-0.05, 0) is 29.3 Å². The van der Waals surface area contributed by atoms with E-state index in [2.05, 4.69) is 40.2 Å². The van der Waals surface area contributed by atoms with Crippen LogP contribution in [0.5, 0.6) is 0 Å². The summed E-state index contributed by atoms with van der Waals surface area (Å²) < 4.78 is 3.00. The highest BCUT2D eigenvalue weighted by atomic mass is 79.9. The van der Waals surface area contributed by atoms with E-state index in [4.69, 9.17) is 0 Å². The molecule has 16 heavy (non-hydrogen) atoms. The quantitative estimate of drug-likeness (QED) is 0.744. The first-order chi connectivity index (χ1) is 7.72. The van der Waals surface area contributed by atoms with Gasteiger partial charge < -0.3 is 5.32 Å². The van der Waals surface area contributed by atoms with Gasteiger partial charge in [0.15, 0.2) is 0 Å². The van der Waals surface area contributed by atoms with Gasteiger partial charge >= 0.3 is 0 Å². The molecule has 0 saturated heterocycles. The van der Waals surface area contributed by atoms with Crippen molar-refractivity contribution in [3.8, 4) is 0 Å². The standard InChI is InChI=1S/C12H22BrN3/c1-3-4-5-6-11(2)14-7-8-16-10-12(13)9-15-16/h9-11,14H,3-8H2,1-2H3. The Morgan fingerprint density at radius 1 is 1.50 bits per heavy atom. The van der Waals surface area contributed by atoms with E-state index in [9.17, 15) is 0 Å². The number of nitrogens with zero attached hydrogens (tertiary/aromatic N) is 2. The van der Waals surface area contributed by atoms with Gasteiger partial charge in [-0.2, -0.15) is 5.10 Å². The molecule has 1 unspecified atom stereocenters. The second-order valence-electron chi connectivity index (χ2n) is 4.27. The maximum absolute atomic E-state index is 4.22. The van der Waals surface area contributed by atoms with Gasteiger partial charge in [-0.25, -0.2) is 0 Å². The van der Waals surface area contributed by atoms with Crippen molar-refractivity contribution in [1.82, 2.24) is 15.1 Å². The first-order valence-electron chi connectivity index (χ1n) is 6.13. The second kappa shape index (κ2) is 7.85. The van der Waals surface area contributed by atoms with E-state index < -0.39 is 0 Å². The minimum atomic E-state index is 0.616. The van der Waals surface area contributed by atoms with Gasteiger partial charge in [-0.1, -0.05) is 26.2 Å². The Morgan fingerprint density at radius 3 is 2.94 bits per heavy atom. The molecule has 1 aromatic heterocycles. The van der Waals surface area contributed by atoms with Gasteiger partial charge in [0.2, 0.25) is 0 Å². The molecule has 0 fully saturated rings. The van der Waals surface area contributed by atoms with Crippen LogP contribution in [0.3, 0.4) is 0 Å². The van der Waals surface area contributed by atoms with Crippen LogP contribution in [0.2, 0.25) is 0 Å². The third kappa shape index (κ3) is 5.66. The molecule has 4 heteroatoms. The third-order valence-corrected chi connectivity index (χ3v) is 3.09. The lowest BCUT2D eigenvalue weighted by atomic mass is 10.1. The Hall–Kier alpha value is -0.350. The van der Waals surface area contributed by atoms with Crippen molar-refractivity contribution >= 4 is 15.9 Å². The van der Waals surface area contributed by atoms with Gasteiger partial charge in [0.1, 0.15) is 0 Å². The highest BCUT2D eigenvalue weighted by Gasteiger charge is 2.00. The van der Waals surface area contributed by atoms with Crippen LogP contribution in [0.1, 0.15) is 39.5 Å². The van der Waals surface area contributed by atoms with Crippen LogP contribution in [0.4, 0.5) is 0 Å². The van der Waals surface area contributed by atoms with Crippen molar-refractivity contribution < 1.29 is 0 Å². The molecule has 0 bridgehead atoms. The predicted octanol–water partition coefficient (Wildman–Crippen LogP) is 3.20. The Bertz CT molecular complexity index is 286. The van der Waals surface area contributed by atoms with Gasteiger partial charge in [-0.3, -0.25) is 4.68 Å². The molecule has 0 saturated carbocycles. The molecule has 3 nitrogen and oxygen atoms in total. The summed E-state index contributed by atoms with van der Waals surface area (Å²) in [6, 6.07) is 0.616. The molecule has 0 aliphatic carbocycles. The maximum atomic E-state index is 4.22. The maximum Gasteiger partial charge on any atom is 0.0632 e. The lowest BCUT2D eigenvalue weighted by Gasteiger charge is -2.13.